The van der Waals surface area contributed by atoms with E-state index in [-0.39, 0.29) is 11.6 Å². The molecule has 2 heterocycles. The van der Waals surface area contributed by atoms with E-state index in [4.69, 9.17) is 4.74 Å². The Morgan fingerprint density at radius 1 is 1.03 bits per heavy atom. The van der Waals surface area contributed by atoms with Crippen LogP contribution < -0.4 is 4.74 Å². The van der Waals surface area contributed by atoms with Gasteiger partial charge in [0.25, 0.3) is 0 Å². The van der Waals surface area contributed by atoms with Crippen LogP contribution in [-0.2, 0) is 0 Å². The van der Waals surface area contributed by atoms with E-state index in [1.165, 1.54) is 30.0 Å². The highest BCUT2D eigenvalue weighted by Gasteiger charge is 2.25. The number of aliphatic imine (C=N–C) groups is 1. The summed E-state index contributed by atoms with van der Waals surface area (Å²) in [6.45, 7) is 2.69. The summed E-state index contributed by atoms with van der Waals surface area (Å²) in [7, 11) is 0. The van der Waals surface area contributed by atoms with E-state index < -0.39 is 11.6 Å². The Morgan fingerprint density at radius 3 is 2.52 bits per heavy atom. The lowest BCUT2D eigenvalue weighted by Gasteiger charge is -2.09. The third-order valence-electron chi connectivity index (χ3n) is 4.65. The summed E-state index contributed by atoms with van der Waals surface area (Å²) in [5.74, 6) is 0.117. The predicted octanol–water partition coefficient (Wildman–Crippen LogP) is 6.05. The Labute approximate surface area is 172 Å². The molecular weight excluding hydrogens is 390 g/mol. The van der Waals surface area contributed by atoms with Gasteiger partial charge in [-0.3, -0.25) is 4.99 Å². The molecule has 0 spiro atoms. The topological polar surface area (TPSA) is 34.5 Å². The summed E-state index contributed by atoms with van der Waals surface area (Å²) < 4.78 is 33.7. The lowest BCUT2D eigenvalue weighted by atomic mass is 10.0. The highest BCUT2D eigenvalue weighted by Crippen LogP contribution is 2.35. The number of aromatic nitrogens is 1. The standard InChI is InChI=1S/C23H20F2N2OS/c1-2-12-28-21-13-17(10-11-26-21)15-6-8-16(9-7-15)20-14-29-23(27-20)22-18(24)4-3-5-19(22)25/h3-11,13,20H,2,12,14H2,1H3. The van der Waals surface area contributed by atoms with E-state index in [2.05, 4.69) is 16.9 Å². The van der Waals surface area contributed by atoms with Crippen LogP contribution in [0.5, 0.6) is 5.88 Å². The molecule has 0 amide bonds. The Bertz CT molecular complexity index is 1020. The van der Waals surface area contributed by atoms with Crippen molar-refractivity contribution in [2.75, 3.05) is 12.4 Å². The number of thioether (sulfide) groups is 1. The van der Waals surface area contributed by atoms with Crippen LogP contribution in [-0.4, -0.2) is 22.4 Å². The minimum Gasteiger partial charge on any atom is -0.478 e. The second-order valence-electron chi connectivity index (χ2n) is 6.71. The summed E-state index contributed by atoms with van der Waals surface area (Å²) in [6.07, 6.45) is 2.67. The van der Waals surface area contributed by atoms with Gasteiger partial charge < -0.3 is 4.74 Å². The third kappa shape index (κ3) is 4.32. The average Bonchev–Trinajstić information content (AvgIpc) is 3.22. The first-order chi connectivity index (χ1) is 14.2. The molecule has 0 saturated heterocycles. The van der Waals surface area contributed by atoms with Gasteiger partial charge in [0, 0.05) is 18.0 Å². The number of ether oxygens (including phenoxy) is 1. The van der Waals surface area contributed by atoms with E-state index >= 15 is 0 Å². The molecule has 0 fully saturated rings. The van der Waals surface area contributed by atoms with E-state index in [0.717, 1.165) is 23.1 Å². The molecule has 1 unspecified atom stereocenters. The van der Waals surface area contributed by atoms with Crippen molar-refractivity contribution in [1.29, 1.82) is 0 Å². The van der Waals surface area contributed by atoms with Crippen LogP contribution in [0.4, 0.5) is 8.78 Å². The third-order valence-corrected chi connectivity index (χ3v) is 5.71. The Balaban J connectivity index is 1.54. The van der Waals surface area contributed by atoms with Crippen LogP contribution in [0.2, 0.25) is 0 Å². The molecule has 6 heteroatoms. The van der Waals surface area contributed by atoms with Crippen molar-refractivity contribution in [3.05, 3.63) is 83.6 Å². The van der Waals surface area contributed by atoms with E-state index in [9.17, 15) is 8.78 Å². The fourth-order valence-electron chi connectivity index (χ4n) is 3.16. The van der Waals surface area contributed by atoms with Crippen LogP contribution in [0.1, 0.15) is 30.5 Å². The van der Waals surface area contributed by atoms with Crippen molar-refractivity contribution in [2.45, 2.75) is 19.4 Å². The number of hydrogen-bond acceptors (Lipinski definition) is 4. The predicted molar refractivity (Wildman–Crippen MR) is 114 cm³/mol. The number of nitrogens with zero attached hydrogens (tertiary/aromatic N) is 2. The van der Waals surface area contributed by atoms with Crippen molar-refractivity contribution >= 4 is 16.8 Å². The molecule has 0 radical (unpaired) electrons. The van der Waals surface area contributed by atoms with Crippen molar-refractivity contribution in [3.8, 4) is 17.0 Å². The molecule has 0 saturated carbocycles. The number of benzene rings is 2. The van der Waals surface area contributed by atoms with Gasteiger partial charge in [0.1, 0.15) is 16.7 Å². The molecule has 0 bridgehead atoms. The monoisotopic (exact) mass is 410 g/mol. The van der Waals surface area contributed by atoms with Crippen LogP contribution in [0.25, 0.3) is 11.1 Å². The fraction of sp³-hybridized carbons (Fsp3) is 0.217. The molecule has 1 atom stereocenters. The molecule has 0 aliphatic carbocycles. The zero-order valence-electron chi connectivity index (χ0n) is 15.9. The number of rotatable bonds is 6. The zero-order valence-corrected chi connectivity index (χ0v) is 16.8. The lowest BCUT2D eigenvalue weighted by Crippen LogP contribution is -2.00. The first kappa shape index (κ1) is 19.6. The van der Waals surface area contributed by atoms with Gasteiger partial charge in [-0.25, -0.2) is 13.8 Å². The normalized spacial score (nSPS) is 16.0. The highest BCUT2D eigenvalue weighted by atomic mass is 32.2. The quantitative estimate of drug-likeness (QED) is 0.496. The maximum atomic E-state index is 14.0. The summed E-state index contributed by atoms with van der Waals surface area (Å²) >= 11 is 1.38. The Hall–Kier alpha value is -2.73. The molecule has 0 N–H and O–H groups in total. The van der Waals surface area contributed by atoms with E-state index in [1.54, 1.807) is 6.20 Å². The van der Waals surface area contributed by atoms with Crippen molar-refractivity contribution < 1.29 is 13.5 Å². The number of hydrogen-bond donors (Lipinski definition) is 0. The SMILES string of the molecule is CCCOc1cc(-c2ccc(C3CSC(c4c(F)cccc4F)=N3)cc2)ccn1. The molecule has 1 aliphatic rings. The minimum absolute atomic E-state index is 0.0342. The lowest BCUT2D eigenvalue weighted by molar-refractivity contribution is 0.305. The van der Waals surface area contributed by atoms with Crippen molar-refractivity contribution in [1.82, 2.24) is 4.98 Å². The largest absolute Gasteiger partial charge is 0.478 e. The molecule has 2 aromatic carbocycles. The van der Waals surface area contributed by atoms with Crippen LogP contribution in [0, 0.1) is 11.6 Å². The molecule has 4 rings (SSSR count). The van der Waals surface area contributed by atoms with Gasteiger partial charge in [0.05, 0.1) is 18.2 Å². The Kier molecular flexibility index (Phi) is 5.90. The molecular formula is C23H20F2N2OS. The summed E-state index contributed by atoms with van der Waals surface area (Å²) in [4.78, 5) is 8.80. The summed E-state index contributed by atoms with van der Waals surface area (Å²) in [5, 5.41) is 0.418. The molecule has 1 aromatic heterocycles. The van der Waals surface area contributed by atoms with Gasteiger partial charge in [0.15, 0.2) is 0 Å². The second kappa shape index (κ2) is 8.74. The molecule has 3 aromatic rings. The summed E-state index contributed by atoms with van der Waals surface area (Å²) in [5.41, 5.74) is 3.06. The smallest absolute Gasteiger partial charge is 0.213 e. The van der Waals surface area contributed by atoms with Crippen molar-refractivity contribution in [3.63, 3.8) is 0 Å². The van der Waals surface area contributed by atoms with Gasteiger partial charge in [-0.05, 0) is 41.3 Å². The minimum atomic E-state index is -0.578. The van der Waals surface area contributed by atoms with Crippen molar-refractivity contribution in [2.24, 2.45) is 4.99 Å². The van der Waals surface area contributed by atoms with Gasteiger partial charge in [0.2, 0.25) is 5.88 Å². The fourth-order valence-corrected chi connectivity index (χ4v) is 4.28. The second-order valence-corrected chi connectivity index (χ2v) is 7.72. The summed E-state index contributed by atoms with van der Waals surface area (Å²) in [6, 6.07) is 15.7. The van der Waals surface area contributed by atoms with Gasteiger partial charge in [-0.1, -0.05) is 37.3 Å². The van der Waals surface area contributed by atoms with Crippen LogP contribution in [0.15, 0.2) is 65.8 Å². The van der Waals surface area contributed by atoms with E-state index in [1.807, 2.05) is 36.4 Å². The van der Waals surface area contributed by atoms with Crippen LogP contribution >= 0.6 is 11.8 Å². The maximum absolute atomic E-state index is 14.0. The van der Waals surface area contributed by atoms with Gasteiger partial charge in [-0.2, -0.15) is 0 Å². The average molecular weight is 410 g/mol. The maximum Gasteiger partial charge on any atom is 0.213 e. The molecule has 3 nitrogen and oxygen atoms in total. The number of pyridine rings is 1. The highest BCUT2D eigenvalue weighted by molar-refractivity contribution is 8.14. The Morgan fingerprint density at radius 2 is 1.79 bits per heavy atom. The molecule has 1 aliphatic heterocycles. The van der Waals surface area contributed by atoms with E-state index in [0.29, 0.717) is 23.3 Å². The van der Waals surface area contributed by atoms with Crippen LogP contribution in [0.3, 0.4) is 0 Å². The van der Waals surface area contributed by atoms with Gasteiger partial charge in [-0.15, -0.1) is 11.8 Å². The van der Waals surface area contributed by atoms with Gasteiger partial charge >= 0.3 is 0 Å². The zero-order chi connectivity index (χ0) is 20.2. The first-order valence-electron chi connectivity index (χ1n) is 9.50. The first-order valence-corrected chi connectivity index (χ1v) is 10.5. The molecule has 29 heavy (non-hydrogen) atoms. The number of halogens is 2. The molecule has 148 valence electrons.